The van der Waals surface area contributed by atoms with Gasteiger partial charge in [-0.25, -0.2) is 0 Å². The second kappa shape index (κ2) is 5.98. The van der Waals surface area contributed by atoms with Crippen LogP contribution in [0.15, 0.2) is 10.6 Å². The van der Waals surface area contributed by atoms with E-state index < -0.39 is 0 Å². The molecule has 90 valence electrons. The fourth-order valence-corrected chi connectivity index (χ4v) is 1.87. The molecule has 0 bridgehead atoms. The number of rotatable bonds is 4. The first kappa shape index (κ1) is 11.6. The molecular weight excluding hydrogens is 206 g/mol. The molecule has 1 aromatic rings. The van der Waals surface area contributed by atoms with Crippen molar-refractivity contribution in [3.8, 4) is 0 Å². The number of hydrogen-bond acceptors (Lipinski definition) is 5. The zero-order valence-corrected chi connectivity index (χ0v) is 9.74. The Morgan fingerprint density at radius 2 is 2.38 bits per heavy atom. The lowest BCUT2D eigenvalue weighted by Gasteiger charge is -2.16. The van der Waals surface area contributed by atoms with Gasteiger partial charge in [0.25, 0.3) is 0 Å². The molecule has 1 aliphatic heterocycles. The maximum Gasteiger partial charge on any atom is 0.151 e. The molecule has 0 amide bonds. The molecule has 1 aromatic heterocycles. The van der Waals surface area contributed by atoms with E-state index in [-0.39, 0.29) is 0 Å². The smallest absolute Gasteiger partial charge is 0.151 e. The molecule has 0 aliphatic carbocycles. The highest BCUT2D eigenvalue weighted by Crippen LogP contribution is 2.09. The molecule has 2 rings (SSSR count). The van der Waals surface area contributed by atoms with Crippen LogP contribution in [0.1, 0.15) is 17.9 Å². The first-order valence-corrected chi connectivity index (χ1v) is 5.77. The highest BCUT2D eigenvalue weighted by atomic mass is 16.5. The zero-order valence-electron chi connectivity index (χ0n) is 9.74. The van der Waals surface area contributed by atoms with E-state index in [0.29, 0.717) is 0 Å². The van der Waals surface area contributed by atoms with Crippen LogP contribution < -0.4 is 5.32 Å². The van der Waals surface area contributed by atoms with Crippen molar-refractivity contribution in [2.75, 3.05) is 33.4 Å². The van der Waals surface area contributed by atoms with Crippen molar-refractivity contribution in [1.29, 1.82) is 0 Å². The van der Waals surface area contributed by atoms with Crippen molar-refractivity contribution in [3.05, 3.63) is 17.5 Å². The largest absolute Gasteiger partial charge is 0.380 e. The Hall–Kier alpha value is -0.910. The van der Waals surface area contributed by atoms with Crippen molar-refractivity contribution in [2.24, 2.45) is 0 Å². The number of nitrogens with zero attached hydrogens (tertiary/aromatic N) is 2. The molecule has 0 unspecified atom stereocenters. The van der Waals surface area contributed by atoms with Crippen LogP contribution in [-0.4, -0.2) is 43.4 Å². The van der Waals surface area contributed by atoms with Gasteiger partial charge in [-0.05, 0) is 13.5 Å². The van der Waals surface area contributed by atoms with Crippen LogP contribution in [0.4, 0.5) is 0 Å². The van der Waals surface area contributed by atoms with E-state index in [0.717, 1.165) is 57.3 Å². The summed E-state index contributed by atoms with van der Waals surface area (Å²) in [6.07, 6.45) is 1.09. The number of ether oxygens (including phenoxy) is 1. The minimum absolute atomic E-state index is 0.757. The Balaban J connectivity index is 1.86. The Morgan fingerprint density at radius 3 is 3.25 bits per heavy atom. The van der Waals surface area contributed by atoms with Gasteiger partial charge in [-0.3, -0.25) is 4.90 Å². The molecule has 1 aliphatic rings. The summed E-state index contributed by atoms with van der Waals surface area (Å²) < 4.78 is 10.7. The van der Waals surface area contributed by atoms with Crippen LogP contribution in [0, 0.1) is 0 Å². The standard InChI is InChI=1S/C11H19N3O2/c1-12-8-10-7-11(16-13-10)9-14-3-2-5-15-6-4-14/h7,12H,2-6,8-9H2,1H3. The van der Waals surface area contributed by atoms with Crippen LogP contribution in [0.2, 0.25) is 0 Å². The maximum atomic E-state index is 5.41. The Morgan fingerprint density at radius 1 is 1.44 bits per heavy atom. The summed E-state index contributed by atoms with van der Waals surface area (Å²) in [5.74, 6) is 0.937. The lowest BCUT2D eigenvalue weighted by atomic mass is 10.3. The van der Waals surface area contributed by atoms with Crippen molar-refractivity contribution in [1.82, 2.24) is 15.4 Å². The van der Waals surface area contributed by atoms with Gasteiger partial charge in [0.05, 0.1) is 18.8 Å². The lowest BCUT2D eigenvalue weighted by Crippen LogP contribution is -2.25. The average molecular weight is 225 g/mol. The predicted molar refractivity (Wildman–Crippen MR) is 60.0 cm³/mol. The van der Waals surface area contributed by atoms with Crippen LogP contribution in [-0.2, 0) is 17.8 Å². The third-order valence-corrected chi connectivity index (χ3v) is 2.66. The van der Waals surface area contributed by atoms with Gasteiger partial charge in [0.1, 0.15) is 0 Å². The minimum Gasteiger partial charge on any atom is -0.380 e. The SMILES string of the molecule is CNCc1cc(CN2CCCOCC2)on1. The monoisotopic (exact) mass is 225 g/mol. The molecule has 1 fully saturated rings. The van der Waals surface area contributed by atoms with E-state index >= 15 is 0 Å². The van der Waals surface area contributed by atoms with E-state index in [9.17, 15) is 0 Å². The molecule has 2 heterocycles. The van der Waals surface area contributed by atoms with E-state index in [1.54, 1.807) is 0 Å². The summed E-state index contributed by atoms with van der Waals surface area (Å²) in [5.41, 5.74) is 0.962. The van der Waals surface area contributed by atoms with Crippen molar-refractivity contribution < 1.29 is 9.26 Å². The Kier molecular flexibility index (Phi) is 4.33. The topological polar surface area (TPSA) is 50.5 Å². The Bertz CT molecular complexity index is 306. The molecule has 1 N–H and O–H groups in total. The van der Waals surface area contributed by atoms with Gasteiger partial charge < -0.3 is 14.6 Å². The number of aromatic nitrogens is 1. The molecule has 16 heavy (non-hydrogen) atoms. The van der Waals surface area contributed by atoms with Gasteiger partial charge in [-0.1, -0.05) is 5.16 Å². The van der Waals surface area contributed by atoms with Gasteiger partial charge in [-0.15, -0.1) is 0 Å². The van der Waals surface area contributed by atoms with E-state index in [1.807, 2.05) is 13.1 Å². The second-order valence-corrected chi connectivity index (χ2v) is 4.06. The summed E-state index contributed by atoms with van der Waals surface area (Å²) in [4.78, 5) is 2.34. The number of hydrogen-bond donors (Lipinski definition) is 1. The molecule has 0 aromatic carbocycles. The number of nitrogens with one attached hydrogen (secondary N) is 1. The third kappa shape index (κ3) is 3.30. The molecule has 1 saturated heterocycles. The van der Waals surface area contributed by atoms with Gasteiger partial charge in [0.2, 0.25) is 0 Å². The van der Waals surface area contributed by atoms with E-state index in [2.05, 4.69) is 15.4 Å². The predicted octanol–water partition coefficient (Wildman–Crippen LogP) is 0.616. The van der Waals surface area contributed by atoms with Gasteiger partial charge in [-0.2, -0.15) is 0 Å². The molecule has 0 atom stereocenters. The van der Waals surface area contributed by atoms with Gasteiger partial charge >= 0.3 is 0 Å². The molecule has 0 radical (unpaired) electrons. The molecule has 5 nitrogen and oxygen atoms in total. The molecule has 5 heteroatoms. The average Bonchev–Trinajstić information content (AvgIpc) is 2.56. The van der Waals surface area contributed by atoms with Crippen molar-refractivity contribution in [3.63, 3.8) is 0 Å². The summed E-state index contributed by atoms with van der Waals surface area (Å²) in [7, 11) is 1.90. The first-order valence-electron chi connectivity index (χ1n) is 5.77. The van der Waals surface area contributed by atoms with Crippen LogP contribution >= 0.6 is 0 Å². The first-order chi connectivity index (χ1) is 7.88. The maximum absolute atomic E-state index is 5.41. The third-order valence-electron chi connectivity index (χ3n) is 2.66. The summed E-state index contributed by atoms with van der Waals surface area (Å²) in [6.45, 7) is 5.33. The van der Waals surface area contributed by atoms with Crippen LogP contribution in [0.25, 0.3) is 0 Å². The van der Waals surface area contributed by atoms with Crippen LogP contribution in [0.5, 0.6) is 0 Å². The molecule has 0 spiro atoms. The molecular formula is C11H19N3O2. The fraction of sp³-hybridized carbons (Fsp3) is 0.727. The summed E-state index contributed by atoms with van der Waals surface area (Å²) >= 11 is 0. The zero-order chi connectivity index (χ0) is 11.2. The Labute approximate surface area is 95.7 Å². The summed E-state index contributed by atoms with van der Waals surface area (Å²) in [5, 5.41) is 7.05. The molecule has 0 saturated carbocycles. The minimum atomic E-state index is 0.757. The summed E-state index contributed by atoms with van der Waals surface area (Å²) in [6, 6.07) is 2.02. The second-order valence-electron chi connectivity index (χ2n) is 4.06. The van der Waals surface area contributed by atoms with Gasteiger partial charge in [0, 0.05) is 32.3 Å². The van der Waals surface area contributed by atoms with Gasteiger partial charge in [0.15, 0.2) is 5.76 Å². The van der Waals surface area contributed by atoms with Crippen molar-refractivity contribution in [2.45, 2.75) is 19.5 Å². The quantitative estimate of drug-likeness (QED) is 0.814. The van der Waals surface area contributed by atoms with Crippen LogP contribution in [0.3, 0.4) is 0 Å². The normalized spacial score (nSPS) is 18.6. The fourth-order valence-electron chi connectivity index (χ4n) is 1.87. The van der Waals surface area contributed by atoms with E-state index in [4.69, 9.17) is 9.26 Å². The van der Waals surface area contributed by atoms with E-state index in [1.165, 1.54) is 0 Å². The highest BCUT2D eigenvalue weighted by Gasteiger charge is 2.12. The van der Waals surface area contributed by atoms with Crippen molar-refractivity contribution >= 4 is 0 Å². The highest BCUT2D eigenvalue weighted by molar-refractivity contribution is 5.05. The lowest BCUT2D eigenvalue weighted by molar-refractivity contribution is 0.138.